The first-order chi connectivity index (χ1) is 10.1. The first-order valence-corrected chi connectivity index (χ1v) is 6.99. The SMILES string of the molecule is CCC1C(=O)NC(=O)CN1Cc1ccc(C#CCN)cc1. The third-order valence-electron chi connectivity index (χ3n) is 3.41. The Morgan fingerprint density at radius 3 is 2.67 bits per heavy atom. The molecule has 2 rings (SSSR count). The van der Waals surface area contributed by atoms with E-state index in [0.717, 1.165) is 11.1 Å². The first-order valence-electron chi connectivity index (χ1n) is 6.99. The summed E-state index contributed by atoms with van der Waals surface area (Å²) in [5.41, 5.74) is 7.29. The van der Waals surface area contributed by atoms with Gasteiger partial charge in [0.2, 0.25) is 11.8 Å². The molecule has 0 aliphatic carbocycles. The summed E-state index contributed by atoms with van der Waals surface area (Å²) in [5, 5.41) is 2.38. The van der Waals surface area contributed by atoms with Crippen molar-refractivity contribution in [3.63, 3.8) is 0 Å². The highest BCUT2D eigenvalue weighted by molar-refractivity contribution is 6.01. The maximum Gasteiger partial charge on any atom is 0.243 e. The van der Waals surface area contributed by atoms with Gasteiger partial charge in [-0.3, -0.25) is 19.8 Å². The fourth-order valence-electron chi connectivity index (χ4n) is 2.41. The molecule has 2 amide bonds. The number of hydrogen-bond donors (Lipinski definition) is 2. The third kappa shape index (κ3) is 3.91. The van der Waals surface area contributed by atoms with Crippen LogP contribution in [0, 0.1) is 11.8 Å². The van der Waals surface area contributed by atoms with Crippen LogP contribution in [0.4, 0.5) is 0 Å². The Balaban J connectivity index is 2.08. The molecule has 0 saturated carbocycles. The molecule has 1 aromatic rings. The van der Waals surface area contributed by atoms with Crippen molar-refractivity contribution in [1.82, 2.24) is 10.2 Å². The summed E-state index contributed by atoms with van der Waals surface area (Å²) in [6.45, 7) is 3.10. The summed E-state index contributed by atoms with van der Waals surface area (Å²) in [4.78, 5) is 25.2. The summed E-state index contributed by atoms with van der Waals surface area (Å²) in [6, 6.07) is 7.52. The number of imide groups is 1. The molecule has 1 aliphatic heterocycles. The molecule has 0 spiro atoms. The molecule has 110 valence electrons. The fraction of sp³-hybridized carbons (Fsp3) is 0.375. The van der Waals surface area contributed by atoms with E-state index in [4.69, 9.17) is 5.73 Å². The van der Waals surface area contributed by atoms with Crippen molar-refractivity contribution in [2.24, 2.45) is 5.73 Å². The maximum absolute atomic E-state index is 11.8. The number of rotatable bonds is 3. The van der Waals surface area contributed by atoms with E-state index in [9.17, 15) is 9.59 Å². The van der Waals surface area contributed by atoms with E-state index in [1.54, 1.807) is 0 Å². The van der Waals surface area contributed by atoms with E-state index in [1.807, 2.05) is 36.1 Å². The zero-order valence-electron chi connectivity index (χ0n) is 12.1. The van der Waals surface area contributed by atoms with Gasteiger partial charge in [0, 0.05) is 12.1 Å². The van der Waals surface area contributed by atoms with Gasteiger partial charge in [0.1, 0.15) is 0 Å². The van der Waals surface area contributed by atoms with Gasteiger partial charge >= 0.3 is 0 Å². The van der Waals surface area contributed by atoms with Gasteiger partial charge in [0.15, 0.2) is 0 Å². The van der Waals surface area contributed by atoms with Crippen LogP contribution in [0.25, 0.3) is 0 Å². The largest absolute Gasteiger partial charge is 0.320 e. The molecule has 1 aliphatic rings. The lowest BCUT2D eigenvalue weighted by Gasteiger charge is -2.33. The number of piperazine rings is 1. The molecule has 1 aromatic carbocycles. The molecule has 0 aromatic heterocycles. The Kier molecular flexibility index (Phi) is 5.09. The van der Waals surface area contributed by atoms with Crippen LogP contribution in [-0.4, -0.2) is 35.8 Å². The van der Waals surface area contributed by atoms with Gasteiger partial charge in [0.05, 0.1) is 19.1 Å². The van der Waals surface area contributed by atoms with Gasteiger partial charge in [-0.05, 0) is 24.1 Å². The Morgan fingerprint density at radius 2 is 2.05 bits per heavy atom. The number of benzene rings is 1. The van der Waals surface area contributed by atoms with Crippen molar-refractivity contribution in [2.45, 2.75) is 25.9 Å². The van der Waals surface area contributed by atoms with Crippen LogP contribution in [0.5, 0.6) is 0 Å². The van der Waals surface area contributed by atoms with Crippen LogP contribution in [0.1, 0.15) is 24.5 Å². The normalized spacial score (nSPS) is 18.9. The zero-order chi connectivity index (χ0) is 15.2. The number of amides is 2. The minimum absolute atomic E-state index is 0.209. The lowest BCUT2D eigenvalue weighted by atomic mass is 10.1. The van der Waals surface area contributed by atoms with Crippen LogP contribution >= 0.6 is 0 Å². The van der Waals surface area contributed by atoms with Gasteiger partial charge in [0.25, 0.3) is 0 Å². The van der Waals surface area contributed by atoms with Crippen molar-refractivity contribution >= 4 is 11.8 Å². The van der Waals surface area contributed by atoms with Crippen LogP contribution < -0.4 is 11.1 Å². The molecular formula is C16H19N3O2. The maximum atomic E-state index is 11.8. The second kappa shape index (κ2) is 7.02. The topological polar surface area (TPSA) is 75.4 Å². The van der Waals surface area contributed by atoms with Crippen LogP contribution in [0.3, 0.4) is 0 Å². The summed E-state index contributed by atoms with van der Waals surface area (Å²) in [6.07, 6.45) is 0.680. The van der Waals surface area contributed by atoms with E-state index in [-0.39, 0.29) is 24.4 Å². The Bertz CT molecular complexity index is 584. The quantitative estimate of drug-likeness (QED) is 0.616. The van der Waals surface area contributed by atoms with Crippen LogP contribution in [0.15, 0.2) is 24.3 Å². The molecule has 1 atom stereocenters. The number of nitrogens with one attached hydrogen (secondary N) is 1. The first kappa shape index (κ1) is 15.2. The molecule has 1 fully saturated rings. The Labute approximate surface area is 124 Å². The van der Waals surface area contributed by atoms with E-state index < -0.39 is 0 Å². The molecule has 0 radical (unpaired) electrons. The number of carbonyl (C=O) groups is 2. The predicted molar refractivity (Wildman–Crippen MR) is 80.0 cm³/mol. The molecule has 5 nitrogen and oxygen atoms in total. The molecule has 1 saturated heterocycles. The summed E-state index contributed by atoms with van der Waals surface area (Å²) >= 11 is 0. The summed E-state index contributed by atoms with van der Waals surface area (Å²) < 4.78 is 0. The number of nitrogens with two attached hydrogens (primary N) is 1. The van der Waals surface area contributed by atoms with Gasteiger partial charge in [-0.25, -0.2) is 0 Å². The summed E-state index contributed by atoms with van der Waals surface area (Å²) in [7, 11) is 0. The molecule has 3 N–H and O–H groups in total. The highest BCUT2D eigenvalue weighted by atomic mass is 16.2. The third-order valence-corrected chi connectivity index (χ3v) is 3.41. The zero-order valence-corrected chi connectivity index (χ0v) is 12.1. The highest BCUT2D eigenvalue weighted by Gasteiger charge is 2.32. The van der Waals surface area contributed by atoms with Crippen molar-refractivity contribution in [2.75, 3.05) is 13.1 Å². The van der Waals surface area contributed by atoms with E-state index in [1.165, 1.54) is 0 Å². The number of nitrogens with zero attached hydrogens (tertiary/aromatic N) is 1. The van der Waals surface area contributed by atoms with E-state index in [2.05, 4.69) is 17.2 Å². The average Bonchev–Trinajstić information content (AvgIpc) is 2.46. The minimum atomic E-state index is -0.251. The second-order valence-corrected chi connectivity index (χ2v) is 4.94. The van der Waals surface area contributed by atoms with Crippen molar-refractivity contribution in [3.8, 4) is 11.8 Å². The average molecular weight is 285 g/mol. The number of carbonyl (C=O) groups excluding carboxylic acids is 2. The van der Waals surface area contributed by atoms with Crippen molar-refractivity contribution < 1.29 is 9.59 Å². The second-order valence-electron chi connectivity index (χ2n) is 4.94. The molecule has 21 heavy (non-hydrogen) atoms. The van der Waals surface area contributed by atoms with Crippen LogP contribution in [-0.2, 0) is 16.1 Å². The summed E-state index contributed by atoms with van der Waals surface area (Å²) in [5.74, 6) is 5.32. The molecule has 1 unspecified atom stereocenters. The fourth-order valence-corrected chi connectivity index (χ4v) is 2.41. The lowest BCUT2D eigenvalue weighted by Crippen LogP contribution is -2.57. The van der Waals surface area contributed by atoms with Crippen molar-refractivity contribution in [3.05, 3.63) is 35.4 Å². The van der Waals surface area contributed by atoms with Gasteiger partial charge in [-0.1, -0.05) is 30.9 Å². The van der Waals surface area contributed by atoms with Gasteiger partial charge in [-0.2, -0.15) is 0 Å². The smallest absolute Gasteiger partial charge is 0.243 e. The molecular weight excluding hydrogens is 266 g/mol. The Hall–Kier alpha value is -2.16. The monoisotopic (exact) mass is 285 g/mol. The molecule has 1 heterocycles. The lowest BCUT2D eigenvalue weighted by molar-refractivity contribution is -0.140. The minimum Gasteiger partial charge on any atom is -0.320 e. The van der Waals surface area contributed by atoms with Crippen LogP contribution in [0.2, 0.25) is 0 Å². The van der Waals surface area contributed by atoms with Gasteiger partial charge < -0.3 is 5.73 Å². The Morgan fingerprint density at radius 1 is 1.33 bits per heavy atom. The predicted octanol–water partition coefficient (Wildman–Crippen LogP) is 0.234. The van der Waals surface area contributed by atoms with E-state index >= 15 is 0 Å². The molecule has 5 heteroatoms. The number of hydrogen-bond acceptors (Lipinski definition) is 4. The standard InChI is InChI=1S/C16H19N3O2/c1-2-14-16(21)18-15(20)11-19(14)10-13-7-5-12(6-8-13)4-3-9-17/h5-8,14H,2,9-11,17H2,1H3,(H,18,20,21). The van der Waals surface area contributed by atoms with Gasteiger partial charge in [-0.15, -0.1) is 0 Å². The highest BCUT2D eigenvalue weighted by Crippen LogP contribution is 2.14. The molecule has 0 bridgehead atoms. The van der Waals surface area contributed by atoms with E-state index in [0.29, 0.717) is 19.5 Å². The van der Waals surface area contributed by atoms with Crippen molar-refractivity contribution in [1.29, 1.82) is 0 Å².